The van der Waals surface area contributed by atoms with Crippen molar-refractivity contribution in [2.45, 2.75) is 6.18 Å². The SMILES string of the molecule is O=C(Nc1ccc(Oc2cc(F)ncn2)cc1)Nc1cccc(C(F)(F)F)c1. The molecule has 0 spiro atoms. The van der Waals surface area contributed by atoms with E-state index in [-0.39, 0.29) is 11.6 Å². The molecule has 0 aliphatic rings. The van der Waals surface area contributed by atoms with Crippen LogP contribution < -0.4 is 15.4 Å². The number of nitrogens with one attached hydrogen (secondary N) is 2. The lowest BCUT2D eigenvalue weighted by atomic mass is 10.2. The van der Waals surface area contributed by atoms with Gasteiger partial charge in [0.2, 0.25) is 11.8 Å². The number of halogens is 4. The summed E-state index contributed by atoms with van der Waals surface area (Å²) in [7, 11) is 0. The van der Waals surface area contributed by atoms with Gasteiger partial charge in [-0.15, -0.1) is 0 Å². The maximum Gasteiger partial charge on any atom is 0.416 e. The van der Waals surface area contributed by atoms with E-state index in [0.717, 1.165) is 24.5 Å². The van der Waals surface area contributed by atoms with E-state index in [1.807, 2.05) is 0 Å². The summed E-state index contributed by atoms with van der Waals surface area (Å²) < 4.78 is 56.4. The third-order valence-electron chi connectivity index (χ3n) is 3.39. The Hall–Kier alpha value is -3.69. The Balaban J connectivity index is 1.60. The van der Waals surface area contributed by atoms with E-state index in [1.54, 1.807) is 0 Å². The highest BCUT2D eigenvalue weighted by Gasteiger charge is 2.30. The van der Waals surface area contributed by atoms with Crippen LogP contribution in [0.15, 0.2) is 60.9 Å². The molecule has 10 heteroatoms. The number of alkyl halides is 3. The van der Waals surface area contributed by atoms with Gasteiger partial charge in [-0.2, -0.15) is 17.6 Å². The molecule has 0 bridgehead atoms. The van der Waals surface area contributed by atoms with Gasteiger partial charge in [-0.1, -0.05) is 6.07 Å². The summed E-state index contributed by atoms with van der Waals surface area (Å²) >= 11 is 0. The summed E-state index contributed by atoms with van der Waals surface area (Å²) in [6.07, 6.45) is -3.49. The number of hydrogen-bond donors (Lipinski definition) is 2. The second-order valence-corrected chi connectivity index (χ2v) is 5.46. The van der Waals surface area contributed by atoms with Crippen molar-refractivity contribution in [3.8, 4) is 11.6 Å². The fourth-order valence-electron chi connectivity index (χ4n) is 2.17. The van der Waals surface area contributed by atoms with Crippen molar-refractivity contribution in [1.82, 2.24) is 9.97 Å². The zero-order valence-electron chi connectivity index (χ0n) is 14.0. The largest absolute Gasteiger partial charge is 0.439 e. The molecule has 28 heavy (non-hydrogen) atoms. The molecule has 0 radical (unpaired) electrons. The van der Waals surface area contributed by atoms with Crippen LogP contribution in [0.1, 0.15) is 5.56 Å². The first-order chi connectivity index (χ1) is 13.3. The Morgan fingerprint density at radius 3 is 2.32 bits per heavy atom. The van der Waals surface area contributed by atoms with Crippen molar-refractivity contribution in [3.63, 3.8) is 0 Å². The molecule has 0 saturated carbocycles. The Kier molecular flexibility index (Phi) is 5.39. The number of benzene rings is 2. The Bertz CT molecular complexity index is 978. The van der Waals surface area contributed by atoms with Crippen LogP contribution in [-0.4, -0.2) is 16.0 Å². The maximum absolute atomic E-state index is 13.0. The molecular formula is C18H12F4N4O2. The van der Waals surface area contributed by atoms with Crippen LogP contribution in [-0.2, 0) is 6.18 Å². The monoisotopic (exact) mass is 392 g/mol. The van der Waals surface area contributed by atoms with Crippen molar-refractivity contribution in [1.29, 1.82) is 0 Å². The van der Waals surface area contributed by atoms with E-state index in [9.17, 15) is 22.4 Å². The lowest BCUT2D eigenvalue weighted by molar-refractivity contribution is -0.137. The van der Waals surface area contributed by atoms with E-state index in [4.69, 9.17) is 4.74 Å². The van der Waals surface area contributed by atoms with Gasteiger partial charge < -0.3 is 15.4 Å². The average molecular weight is 392 g/mol. The van der Waals surface area contributed by atoms with Crippen LogP contribution in [0.4, 0.5) is 33.7 Å². The molecule has 0 saturated heterocycles. The molecule has 0 fully saturated rings. The zero-order valence-corrected chi connectivity index (χ0v) is 14.0. The summed E-state index contributed by atoms with van der Waals surface area (Å²) in [5.41, 5.74) is -0.503. The third kappa shape index (κ3) is 5.16. The van der Waals surface area contributed by atoms with Gasteiger partial charge in [0.05, 0.1) is 11.6 Å². The molecule has 0 aliphatic carbocycles. The highest BCUT2D eigenvalue weighted by atomic mass is 19.4. The molecule has 2 amide bonds. The predicted octanol–water partition coefficient (Wildman–Crippen LogP) is 5.07. The number of urea groups is 1. The summed E-state index contributed by atoms with van der Waals surface area (Å²) in [4.78, 5) is 19.0. The van der Waals surface area contributed by atoms with E-state index in [2.05, 4.69) is 20.6 Å². The molecule has 2 N–H and O–H groups in total. The normalized spacial score (nSPS) is 11.0. The minimum absolute atomic E-state index is 0.00179. The van der Waals surface area contributed by atoms with Gasteiger partial charge in [0, 0.05) is 11.4 Å². The number of amides is 2. The van der Waals surface area contributed by atoms with Gasteiger partial charge in [0.1, 0.15) is 12.1 Å². The minimum atomic E-state index is -4.50. The Morgan fingerprint density at radius 2 is 1.64 bits per heavy atom. The molecular weight excluding hydrogens is 380 g/mol. The number of ether oxygens (including phenoxy) is 1. The van der Waals surface area contributed by atoms with Crippen LogP contribution in [0.3, 0.4) is 0 Å². The topological polar surface area (TPSA) is 76.1 Å². The first-order valence-corrected chi connectivity index (χ1v) is 7.80. The van der Waals surface area contributed by atoms with Crippen LogP contribution in [0.5, 0.6) is 11.6 Å². The molecule has 0 unspecified atom stereocenters. The smallest absolute Gasteiger partial charge is 0.416 e. The molecule has 0 aliphatic heterocycles. The Labute approximate surface area is 156 Å². The van der Waals surface area contributed by atoms with E-state index in [1.165, 1.54) is 36.4 Å². The lowest BCUT2D eigenvalue weighted by Crippen LogP contribution is -2.19. The molecule has 6 nitrogen and oxygen atoms in total. The first-order valence-electron chi connectivity index (χ1n) is 7.80. The van der Waals surface area contributed by atoms with Crippen molar-refractivity contribution < 1.29 is 27.1 Å². The zero-order chi connectivity index (χ0) is 20.1. The highest BCUT2D eigenvalue weighted by molar-refractivity contribution is 5.99. The van der Waals surface area contributed by atoms with E-state index < -0.39 is 23.7 Å². The number of rotatable bonds is 4. The van der Waals surface area contributed by atoms with Crippen LogP contribution in [0, 0.1) is 5.95 Å². The molecule has 1 aromatic heterocycles. The fraction of sp³-hybridized carbons (Fsp3) is 0.0556. The average Bonchev–Trinajstić information content (AvgIpc) is 2.63. The summed E-state index contributed by atoms with van der Waals surface area (Å²) in [6.45, 7) is 0. The third-order valence-corrected chi connectivity index (χ3v) is 3.39. The summed E-state index contributed by atoms with van der Waals surface area (Å²) in [5.74, 6) is -0.396. The standard InChI is InChI=1S/C18H12F4N4O2/c19-15-9-16(24-10-23-15)28-14-6-4-12(5-7-14)25-17(27)26-13-3-1-2-11(8-13)18(20,21)22/h1-10H,(H2,25,26,27). The number of hydrogen-bond acceptors (Lipinski definition) is 4. The van der Waals surface area contributed by atoms with Gasteiger partial charge in [-0.3, -0.25) is 0 Å². The predicted molar refractivity (Wildman–Crippen MR) is 92.6 cm³/mol. The number of aromatic nitrogens is 2. The molecule has 3 rings (SSSR count). The quantitative estimate of drug-likeness (QED) is 0.480. The Morgan fingerprint density at radius 1 is 0.929 bits per heavy atom. The van der Waals surface area contributed by atoms with Crippen LogP contribution in [0.2, 0.25) is 0 Å². The summed E-state index contributed by atoms with van der Waals surface area (Å²) in [5, 5.41) is 4.80. The van der Waals surface area contributed by atoms with Crippen LogP contribution >= 0.6 is 0 Å². The minimum Gasteiger partial charge on any atom is -0.439 e. The second kappa shape index (κ2) is 7.91. The summed E-state index contributed by atoms with van der Waals surface area (Å²) in [6, 6.07) is 10.6. The fourth-order valence-corrected chi connectivity index (χ4v) is 2.17. The van der Waals surface area contributed by atoms with E-state index in [0.29, 0.717) is 11.4 Å². The van der Waals surface area contributed by atoms with Gasteiger partial charge in [-0.25, -0.2) is 14.8 Å². The molecule has 0 atom stereocenters. The van der Waals surface area contributed by atoms with Crippen molar-refractivity contribution in [2.24, 2.45) is 0 Å². The maximum atomic E-state index is 13.0. The molecule has 144 valence electrons. The van der Waals surface area contributed by atoms with Crippen molar-refractivity contribution in [3.05, 3.63) is 72.4 Å². The van der Waals surface area contributed by atoms with Gasteiger partial charge in [0.15, 0.2) is 0 Å². The number of carbonyl (C=O) groups excluding carboxylic acids is 1. The molecule has 1 heterocycles. The number of nitrogens with zero attached hydrogens (tertiary/aromatic N) is 2. The van der Waals surface area contributed by atoms with Crippen molar-refractivity contribution >= 4 is 17.4 Å². The molecule has 2 aromatic carbocycles. The second-order valence-electron chi connectivity index (χ2n) is 5.46. The number of carbonyl (C=O) groups is 1. The molecule has 3 aromatic rings. The van der Waals surface area contributed by atoms with Gasteiger partial charge in [0.25, 0.3) is 0 Å². The van der Waals surface area contributed by atoms with Crippen molar-refractivity contribution in [2.75, 3.05) is 10.6 Å². The lowest BCUT2D eigenvalue weighted by Gasteiger charge is -2.11. The van der Waals surface area contributed by atoms with Gasteiger partial charge >= 0.3 is 12.2 Å². The first kappa shape index (κ1) is 19.1. The number of anilines is 2. The van der Waals surface area contributed by atoms with E-state index >= 15 is 0 Å². The van der Waals surface area contributed by atoms with Gasteiger partial charge in [-0.05, 0) is 42.5 Å². The van der Waals surface area contributed by atoms with Crippen LogP contribution in [0.25, 0.3) is 0 Å². The highest BCUT2D eigenvalue weighted by Crippen LogP contribution is 2.30.